The van der Waals surface area contributed by atoms with Gasteiger partial charge in [0, 0.05) is 6.54 Å². The van der Waals surface area contributed by atoms with Crippen molar-refractivity contribution in [3.8, 4) is 0 Å². The highest BCUT2D eigenvalue weighted by Gasteiger charge is 2.17. The summed E-state index contributed by atoms with van der Waals surface area (Å²) >= 11 is 0. The van der Waals surface area contributed by atoms with Gasteiger partial charge < -0.3 is 10.1 Å². The number of benzene rings is 2. The molecule has 2 aromatic carbocycles. The number of esters is 1. The van der Waals surface area contributed by atoms with E-state index in [2.05, 4.69) is 5.32 Å². The first-order valence-corrected chi connectivity index (χ1v) is 10.8. The van der Waals surface area contributed by atoms with Crippen LogP contribution in [0.3, 0.4) is 0 Å². The molecule has 0 spiro atoms. The van der Waals surface area contributed by atoms with Crippen LogP contribution < -0.4 is 10.5 Å². The van der Waals surface area contributed by atoms with E-state index in [4.69, 9.17) is 9.88 Å². The Morgan fingerprint density at radius 1 is 1.03 bits per heavy atom. The van der Waals surface area contributed by atoms with Gasteiger partial charge in [-0.15, -0.1) is 0 Å². The third kappa shape index (κ3) is 6.99. The van der Waals surface area contributed by atoms with Crippen LogP contribution in [0.1, 0.15) is 29.2 Å². The number of aryl methyl sites for hydroxylation is 2. The molecule has 29 heavy (non-hydrogen) atoms. The molecule has 0 aliphatic rings. The Balaban J connectivity index is 1.78. The van der Waals surface area contributed by atoms with Crippen LogP contribution in [0.25, 0.3) is 0 Å². The fraction of sp³-hybridized carbons (Fsp3) is 0.333. The monoisotopic (exact) mass is 418 g/mol. The highest BCUT2D eigenvalue weighted by atomic mass is 32.2. The van der Waals surface area contributed by atoms with E-state index in [9.17, 15) is 18.0 Å². The summed E-state index contributed by atoms with van der Waals surface area (Å²) in [5.74, 6) is -0.853. The van der Waals surface area contributed by atoms with Crippen LogP contribution in [-0.2, 0) is 37.2 Å². The van der Waals surface area contributed by atoms with Gasteiger partial charge in [0.05, 0.1) is 11.3 Å². The summed E-state index contributed by atoms with van der Waals surface area (Å²) in [4.78, 5) is 24.2. The molecule has 2 rings (SSSR count). The Labute approximate surface area is 171 Å². The van der Waals surface area contributed by atoms with Crippen molar-refractivity contribution in [2.24, 2.45) is 5.14 Å². The molecule has 0 aliphatic carbocycles. The van der Waals surface area contributed by atoms with Crippen molar-refractivity contribution in [3.63, 3.8) is 0 Å². The van der Waals surface area contributed by atoms with E-state index in [1.165, 1.54) is 19.1 Å². The number of nitrogens with one attached hydrogen (secondary N) is 1. The zero-order valence-electron chi connectivity index (χ0n) is 16.8. The zero-order chi connectivity index (χ0) is 21.6. The van der Waals surface area contributed by atoms with Gasteiger partial charge in [-0.05, 0) is 61.6 Å². The number of ether oxygens (including phenoxy) is 1. The quantitative estimate of drug-likeness (QED) is 0.634. The van der Waals surface area contributed by atoms with E-state index in [0.29, 0.717) is 13.0 Å². The molecule has 0 aliphatic heterocycles. The van der Waals surface area contributed by atoms with E-state index in [1.807, 2.05) is 32.0 Å². The predicted octanol–water partition coefficient (Wildman–Crippen LogP) is 1.78. The molecule has 1 amide bonds. The first-order chi connectivity index (χ1) is 13.6. The number of rotatable bonds is 8. The molecule has 1 atom stereocenters. The average Bonchev–Trinajstić information content (AvgIpc) is 2.64. The summed E-state index contributed by atoms with van der Waals surface area (Å²) in [6.07, 6.45) is -0.298. The molecular weight excluding hydrogens is 392 g/mol. The van der Waals surface area contributed by atoms with Gasteiger partial charge in [-0.25, -0.2) is 13.6 Å². The fourth-order valence-electron chi connectivity index (χ4n) is 2.69. The van der Waals surface area contributed by atoms with Gasteiger partial charge in [-0.2, -0.15) is 0 Å². The number of hydrogen-bond acceptors (Lipinski definition) is 5. The summed E-state index contributed by atoms with van der Waals surface area (Å²) in [6, 6.07) is 11.9. The molecule has 8 heteroatoms. The van der Waals surface area contributed by atoms with Gasteiger partial charge in [0.2, 0.25) is 10.0 Å². The van der Waals surface area contributed by atoms with E-state index in [-0.39, 0.29) is 17.2 Å². The lowest BCUT2D eigenvalue weighted by Crippen LogP contribution is -2.37. The molecule has 156 valence electrons. The number of carbonyl (C=O) groups is 2. The highest BCUT2D eigenvalue weighted by molar-refractivity contribution is 7.89. The molecule has 3 N–H and O–H groups in total. The van der Waals surface area contributed by atoms with E-state index in [1.54, 1.807) is 12.1 Å². The number of sulfonamides is 1. The second-order valence-electron chi connectivity index (χ2n) is 6.96. The molecule has 0 heterocycles. The molecule has 0 bridgehead atoms. The van der Waals surface area contributed by atoms with E-state index >= 15 is 0 Å². The van der Waals surface area contributed by atoms with Crippen LogP contribution >= 0.6 is 0 Å². The van der Waals surface area contributed by atoms with Gasteiger partial charge in [-0.1, -0.05) is 30.3 Å². The number of carbonyl (C=O) groups excluding carboxylic acids is 2. The minimum atomic E-state index is -3.72. The molecule has 0 aromatic heterocycles. The maximum absolute atomic E-state index is 12.1. The highest BCUT2D eigenvalue weighted by Crippen LogP contribution is 2.11. The first-order valence-electron chi connectivity index (χ1n) is 9.21. The zero-order valence-corrected chi connectivity index (χ0v) is 17.6. The minimum absolute atomic E-state index is 0.0367. The topological polar surface area (TPSA) is 116 Å². The normalized spacial score (nSPS) is 12.3. The maximum Gasteiger partial charge on any atom is 0.311 e. The number of primary sulfonamides is 1. The van der Waals surface area contributed by atoms with Crippen molar-refractivity contribution in [2.45, 2.75) is 44.6 Å². The van der Waals surface area contributed by atoms with Gasteiger partial charge in [-0.3, -0.25) is 9.59 Å². The van der Waals surface area contributed by atoms with Crippen LogP contribution in [0.5, 0.6) is 0 Å². The van der Waals surface area contributed by atoms with Crippen LogP contribution in [0, 0.1) is 13.8 Å². The predicted molar refractivity (Wildman–Crippen MR) is 110 cm³/mol. The SMILES string of the molecule is Cc1ccc(CC(=O)O[C@H](C)C(=O)NCCc2ccc(S(N)(=O)=O)cc2)cc1C. The van der Waals surface area contributed by atoms with Gasteiger partial charge in [0.1, 0.15) is 0 Å². The maximum atomic E-state index is 12.1. The second-order valence-corrected chi connectivity index (χ2v) is 8.52. The van der Waals surface area contributed by atoms with Crippen LogP contribution in [0.4, 0.5) is 0 Å². The summed E-state index contributed by atoms with van der Waals surface area (Å²) in [5.41, 5.74) is 3.93. The Hall–Kier alpha value is -2.71. The Morgan fingerprint density at radius 3 is 2.24 bits per heavy atom. The molecule has 0 radical (unpaired) electrons. The molecular formula is C21H26N2O5S. The first kappa shape index (κ1) is 22.6. The van der Waals surface area contributed by atoms with Crippen molar-refractivity contribution in [1.29, 1.82) is 0 Å². The molecule has 0 unspecified atom stereocenters. The third-order valence-corrected chi connectivity index (χ3v) is 5.49. The van der Waals surface area contributed by atoms with Crippen LogP contribution in [-0.4, -0.2) is 32.9 Å². The Morgan fingerprint density at radius 2 is 1.66 bits per heavy atom. The van der Waals surface area contributed by atoms with Gasteiger partial charge in [0.15, 0.2) is 6.10 Å². The minimum Gasteiger partial charge on any atom is -0.452 e. The Kier molecular flexibility index (Phi) is 7.53. The molecule has 0 saturated heterocycles. The van der Waals surface area contributed by atoms with Gasteiger partial charge >= 0.3 is 5.97 Å². The lowest BCUT2D eigenvalue weighted by Gasteiger charge is -2.14. The molecule has 0 fully saturated rings. The van der Waals surface area contributed by atoms with Crippen molar-refractivity contribution >= 4 is 21.9 Å². The molecule has 0 saturated carbocycles. The Bertz CT molecular complexity index is 985. The summed E-state index contributed by atoms with van der Waals surface area (Å²) < 4.78 is 27.7. The lowest BCUT2D eigenvalue weighted by molar-refractivity contribution is -0.154. The smallest absolute Gasteiger partial charge is 0.311 e. The fourth-order valence-corrected chi connectivity index (χ4v) is 3.21. The average molecular weight is 419 g/mol. The largest absolute Gasteiger partial charge is 0.452 e. The van der Waals surface area contributed by atoms with Crippen LogP contribution in [0.2, 0.25) is 0 Å². The number of nitrogens with two attached hydrogens (primary N) is 1. The summed E-state index contributed by atoms with van der Waals surface area (Å²) in [5, 5.41) is 7.76. The molecule has 7 nitrogen and oxygen atoms in total. The molecule has 2 aromatic rings. The standard InChI is InChI=1S/C21H26N2O5S/c1-14-4-5-18(12-15(14)2)13-20(24)28-16(3)21(25)23-11-10-17-6-8-19(9-7-17)29(22,26)27/h4-9,12,16H,10-11,13H2,1-3H3,(H,23,25)(H2,22,26,27)/t16-/m1/s1. The summed E-state index contributed by atoms with van der Waals surface area (Å²) in [6.45, 7) is 5.82. The summed E-state index contributed by atoms with van der Waals surface area (Å²) in [7, 11) is -3.72. The lowest BCUT2D eigenvalue weighted by atomic mass is 10.0. The number of amides is 1. The second kappa shape index (κ2) is 9.67. The van der Waals surface area contributed by atoms with Crippen molar-refractivity contribution in [1.82, 2.24) is 5.32 Å². The van der Waals surface area contributed by atoms with Crippen LogP contribution in [0.15, 0.2) is 47.4 Å². The third-order valence-electron chi connectivity index (χ3n) is 4.56. The van der Waals surface area contributed by atoms with E-state index < -0.39 is 22.1 Å². The van der Waals surface area contributed by atoms with E-state index in [0.717, 1.165) is 22.3 Å². The van der Waals surface area contributed by atoms with Crippen molar-refractivity contribution in [2.75, 3.05) is 6.54 Å². The number of hydrogen-bond donors (Lipinski definition) is 2. The van der Waals surface area contributed by atoms with Crippen molar-refractivity contribution < 1.29 is 22.7 Å². The van der Waals surface area contributed by atoms with Crippen molar-refractivity contribution in [3.05, 3.63) is 64.7 Å². The van der Waals surface area contributed by atoms with Gasteiger partial charge in [0.25, 0.3) is 5.91 Å².